The van der Waals surface area contributed by atoms with Crippen molar-refractivity contribution in [2.24, 2.45) is 0 Å². The molecule has 0 aliphatic carbocycles. The number of hydrogen-bond donors (Lipinski definition) is 4. The number of hydrogen-bond acceptors (Lipinski definition) is 9. The van der Waals surface area contributed by atoms with E-state index in [4.69, 9.17) is 15.5 Å². The molecule has 1 saturated heterocycles. The number of carbonyl (C=O) groups excluding carboxylic acids is 2. The van der Waals surface area contributed by atoms with Crippen LogP contribution in [-0.4, -0.2) is 60.1 Å². The van der Waals surface area contributed by atoms with E-state index in [1.54, 1.807) is 31.4 Å². The van der Waals surface area contributed by atoms with Gasteiger partial charge in [-0.25, -0.2) is 14.8 Å². The number of aromatic nitrogens is 2. The zero-order valence-electron chi connectivity index (χ0n) is 22.3. The van der Waals surface area contributed by atoms with Crippen LogP contribution in [0.5, 0.6) is 5.75 Å². The van der Waals surface area contributed by atoms with Gasteiger partial charge in [0.15, 0.2) is 5.13 Å². The van der Waals surface area contributed by atoms with E-state index < -0.39 is 0 Å². The zero-order chi connectivity index (χ0) is 28.1. The number of rotatable bonds is 9. The van der Waals surface area contributed by atoms with Gasteiger partial charge in [-0.2, -0.15) is 0 Å². The lowest BCUT2D eigenvalue weighted by Crippen LogP contribution is -2.34. The highest BCUT2D eigenvalue weighted by atomic mass is 32.1. The van der Waals surface area contributed by atoms with E-state index in [1.807, 2.05) is 29.6 Å². The number of methoxy groups -OCH3 is 1. The summed E-state index contributed by atoms with van der Waals surface area (Å²) in [5.74, 6) is 0.695. The molecule has 10 nitrogen and oxygen atoms in total. The van der Waals surface area contributed by atoms with Crippen LogP contribution < -0.4 is 26.4 Å². The molecule has 208 valence electrons. The summed E-state index contributed by atoms with van der Waals surface area (Å²) in [6.45, 7) is 1.71. The highest BCUT2D eigenvalue weighted by Gasteiger charge is 2.21. The third-order valence-electron chi connectivity index (χ3n) is 6.76. The third-order valence-corrected chi connectivity index (χ3v) is 8.74. The van der Waals surface area contributed by atoms with Crippen LogP contribution in [0.15, 0.2) is 53.9 Å². The molecule has 2 aromatic heterocycles. The molecular formula is C28H31N7O3S2. The Balaban J connectivity index is 1.21. The maximum absolute atomic E-state index is 12.7. The first-order valence-corrected chi connectivity index (χ1v) is 14.6. The number of benzene rings is 2. The number of nitrogen functional groups attached to an aromatic ring is 1. The molecule has 5 rings (SSSR count). The van der Waals surface area contributed by atoms with Crippen molar-refractivity contribution in [2.45, 2.75) is 25.3 Å². The van der Waals surface area contributed by atoms with Crippen LogP contribution >= 0.6 is 22.7 Å². The van der Waals surface area contributed by atoms with Gasteiger partial charge in [-0.3, -0.25) is 10.1 Å². The Labute approximate surface area is 240 Å². The maximum atomic E-state index is 12.7. The van der Waals surface area contributed by atoms with Gasteiger partial charge in [0, 0.05) is 34.8 Å². The van der Waals surface area contributed by atoms with Gasteiger partial charge in [-0.05, 0) is 63.2 Å². The van der Waals surface area contributed by atoms with E-state index in [0.717, 1.165) is 24.2 Å². The fourth-order valence-corrected chi connectivity index (χ4v) is 6.42. The van der Waals surface area contributed by atoms with Crippen LogP contribution in [0.25, 0.3) is 21.1 Å². The van der Waals surface area contributed by atoms with Gasteiger partial charge < -0.3 is 26.0 Å². The summed E-state index contributed by atoms with van der Waals surface area (Å²) in [5.41, 5.74) is 8.92. The number of ether oxygens (including phenoxy) is 1. The summed E-state index contributed by atoms with van der Waals surface area (Å²) in [4.78, 5) is 37.2. The molecule has 5 N–H and O–H groups in total. The summed E-state index contributed by atoms with van der Waals surface area (Å²) in [7, 11) is 3.69. The van der Waals surface area contributed by atoms with Gasteiger partial charge in [-0.15, -0.1) is 11.3 Å². The molecule has 12 heteroatoms. The van der Waals surface area contributed by atoms with Crippen molar-refractivity contribution >= 4 is 51.2 Å². The van der Waals surface area contributed by atoms with Gasteiger partial charge >= 0.3 is 6.03 Å². The fraction of sp³-hybridized carbons (Fsp3) is 0.286. The fourth-order valence-electron chi connectivity index (χ4n) is 4.61. The molecule has 1 aliphatic rings. The number of anilines is 3. The first-order valence-electron chi connectivity index (χ1n) is 12.9. The van der Waals surface area contributed by atoms with Gasteiger partial charge in [0.05, 0.1) is 12.8 Å². The molecule has 3 amide bonds. The second kappa shape index (κ2) is 12.5. The predicted molar refractivity (Wildman–Crippen MR) is 161 cm³/mol. The first-order chi connectivity index (χ1) is 19.4. The van der Waals surface area contributed by atoms with E-state index in [2.05, 4.69) is 32.9 Å². The van der Waals surface area contributed by atoms with Gasteiger partial charge in [0.2, 0.25) is 0 Å². The largest absolute Gasteiger partial charge is 0.497 e. The molecule has 40 heavy (non-hydrogen) atoms. The number of nitrogens with zero attached hydrogens (tertiary/aromatic N) is 3. The van der Waals surface area contributed by atoms with E-state index in [-0.39, 0.29) is 11.9 Å². The van der Waals surface area contributed by atoms with Crippen LogP contribution in [0.4, 0.5) is 21.4 Å². The number of carbonyl (C=O) groups is 2. The number of urea groups is 1. The van der Waals surface area contributed by atoms with Gasteiger partial charge in [0.25, 0.3) is 5.91 Å². The Morgan fingerprint density at radius 3 is 2.80 bits per heavy atom. The topological polar surface area (TPSA) is 134 Å². The molecule has 1 unspecified atom stereocenters. The van der Waals surface area contributed by atoms with Crippen molar-refractivity contribution < 1.29 is 14.3 Å². The Hall–Kier alpha value is -4.00. The van der Waals surface area contributed by atoms with Crippen molar-refractivity contribution in [3.05, 3.63) is 59.5 Å². The van der Waals surface area contributed by atoms with Crippen molar-refractivity contribution in [1.29, 1.82) is 0 Å². The monoisotopic (exact) mass is 577 g/mol. The first kappa shape index (κ1) is 27.6. The summed E-state index contributed by atoms with van der Waals surface area (Å²) in [6, 6.07) is 14.7. The lowest BCUT2D eigenvalue weighted by Gasteiger charge is -2.19. The Kier molecular flexibility index (Phi) is 8.58. The van der Waals surface area contributed by atoms with Crippen LogP contribution in [-0.2, 0) is 0 Å². The Morgan fingerprint density at radius 2 is 2.00 bits per heavy atom. The standard InChI is InChI=1S/C28H31N7O3S2/c1-35-13-5-9-20(35)11-12-30-27(37)34-28-33-24(29)23(40-28)26-32-22(16-39-26)17-6-3-8-19(14-17)31-25(36)18-7-4-10-21(15-18)38-2/h3-4,6-8,10,14-16,20H,5,9,11-13,29H2,1-2H3,(H,31,36)(H2,30,33,34,37). The number of thiazole rings is 2. The molecule has 1 aliphatic heterocycles. The van der Waals surface area contributed by atoms with Crippen LogP contribution in [0.2, 0.25) is 0 Å². The molecule has 0 saturated carbocycles. The molecule has 2 aromatic carbocycles. The molecule has 3 heterocycles. The van der Waals surface area contributed by atoms with Crippen LogP contribution in [0.1, 0.15) is 29.6 Å². The minimum Gasteiger partial charge on any atom is -0.497 e. The number of nitrogens with two attached hydrogens (primary N) is 1. The highest BCUT2D eigenvalue weighted by molar-refractivity contribution is 7.23. The minimum absolute atomic E-state index is 0.234. The Morgan fingerprint density at radius 1 is 1.15 bits per heavy atom. The minimum atomic E-state index is -0.298. The highest BCUT2D eigenvalue weighted by Crippen LogP contribution is 2.38. The SMILES string of the molecule is COc1cccc(C(=O)Nc2cccc(-c3csc(-c4sc(NC(=O)NCCC5CCCN5C)nc4N)n3)c2)c1. The van der Waals surface area contributed by atoms with Crippen molar-refractivity contribution in [2.75, 3.05) is 43.6 Å². The van der Waals surface area contributed by atoms with E-state index in [9.17, 15) is 9.59 Å². The van der Waals surface area contributed by atoms with Crippen molar-refractivity contribution in [1.82, 2.24) is 20.2 Å². The van der Waals surface area contributed by atoms with Crippen molar-refractivity contribution in [3.8, 4) is 26.9 Å². The average molecular weight is 578 g/mol. The lowest BCUT2D eigenvalue weighted by atomic mass is 10.1. The summed E-state index contributed by atoms with van der Waals surface area (Å²) < 4.78 is 5.21. The second-order valence-electron chi connectivity index (χ2n) is 9.48. The second-order valence-corrected chi connectivity index (χ2v) is 11.3. The summed E-state index contributed by atoms with van der Waals surface area (Å²) in [6.07, 6.45) is 3.30. The summed E-state index contributed by atoms with van der Waals surface area (Å²) >= 11 is 2.72. The lowest BCUT2D eigenvalue weighted by molar-refractivity contribution is 0.102. The smallest absolute Gasteiger partial charge is 0.321 e. The molecule has 0 bridgehead atoms. The molecule has 1 atom stereocenters. The zero-order valence-corrected chi connectivity index (χ0v) is 23.9. The molecular weight excluding hydrogens is 546 g/mol. The van der Waals surface area contributed by atoms with Crippen molar-refractivity contribution in [3.63, 3.8) is 0 Å². The number of nitrogens with one attached hydrogen (secondary N) is 3. The molecule has 0 spiro atoms. The van der Waals surface area contributed by atoms with Crippen LogP contribution in [0, 0.1) is 0 Å². The maximum Gasteiger partial charge on any atom is 0.321 e. The van der Waals surface area contributed by atoms with E-state index in [0.29, 0.717) is 50.4 Å². The van der Waals surface area contributed by atoms with Crippen LogP contribution in [0.3, 0.4) is 0 Å². The number of amides is 3. The van der Waals surface area contributed by atoms with E-state index >= 15 is 0 Å². The number of likely N-dealkylation sites (tertiary alicyclic amines) is 1. The third kappa shape index (κ3) is 6.58. The average Bonchev–Trinajstić information content (AvgIpc) is 3.69. The van der Waals surface area contributed by atoms with Gasteiger partial charge in [-0.1, -0.05) is 29.5 Å². The van der Waals surface area contributed by atoms with E-state index in [1.165, 1.54) is 35.5 Å². The summed E-state index contributed by atoms with van der Waals surface area (Å²) in [5, 5.41) is 11.7. The Bertz CT molecular complexity index is 1500. The normalized spacial score (nSPS) is 15.1. The molecule has 1 fully saturated rings. The van der Waals surface area contributed by atoms with Gasteiger partial charge in [0.1, 0.15) is 21.5 Å². The molecule has 4 aromatic rings. The quantitative estimate of drug-likeness (QED) is 0.210. The molecule has 0 radical (unpaired) electrons. The predicted octanol–water partition coefficient (Wildman–Crippen LogP) is 5.38.